The Morgan fingerprint density at radius 2 is 2.21 bits per heavy atom. The average molecular weight is 191 g/mol. The third-order valence-corrected chi connectivity index (χ3v) is 1.81. The molecule has 0 aliphatic rings. The summed E-state index contributed by atoms with van der Waals surface area (Å²) in [6, 6.07) is 3.54. The number of rotatable bonds is 2. The molecule has 2 aromatic heterocycles. The summed E-state index contributed by atoms with van der Waals surface area (Å²) in [5.41, 5.74) is 6.90. The van der Waals surface area contributed by atoms with Gasteiger partial charge < -0.3 is 15.0 Å². The van der Waals surface area contributed by atoms with Gasteiger partial charge in [-0.3, -0.25) is 0 Å². The fraction of sp³-hybridized carbons (Fsp3) is 0.111. The summed E-state index contributed by atoms with van der Waals surface area (Å²) in [7, 11) is 1.56. The van der Waals surface area contributed by atoms with E-state index >= 15 is 0 Å². The Bertz CT molecular complexity index is 422. The average Bonchev–Trinajstić information content (AvgIpc) is 2.65. The number of nitrogen functional groups attached to an aromatic ring is 1. The zero-order chi connectivity index (χ0) is 9.97. The van der Waals surface area contributed by atoms with Gasteiger partial charge in [0, 0.05) is 17.8 Å². The van der Waals surface area contributed by atoms with Gasteiger partial charge in [0.1, 0.15) is 5.69 Å². The summed E-state index contributed by atoms with van der Waals surface area (Å²) >= 11 is 0. The normalized spacial score (nSPS) is 10.1. The van der Waals surface area contributed by atoms with Crippen molar-refractivity contribution in [2.75, 3.05) is 12.8 Å². The maximum Gasteiger partial charge on any atom is 0.212 e. The van der Waals surface area contributed by atoms with Gasteiger partial charge in [0.05, 0.1) is 13.3 Å². The molecule has 0 aliphatic carbocycles. The molecule has 2 aromatic rings. The van der Waals surface area contributed by atoms with Crippen molar-refractivity contribution in [1.82, 2.24) is 10.1 Å². The van der Waals surface area contributed by atoms with Crippen molar-refractivity contribution in [2.45, 2.75) is 0 Å². The summed E-state index contributed by atoms with van der Waals surface area (Å²) in [5, 5.41) is 3.58. The predicted octanol–water partition coefficient (Wildman–Crippen LogP) is 1.33. The van der Waals surface area contributed by atoms with Crippen molar-refractivity contribution in [3.8, 4) is 17.2 Å². The van der Waals surface area contributed by atoms with Gasteiger partial charge in [0.2, 0.25) is 5.88 Å². The molecule has 0 fully saturated rings. The molecule has 2 N–H and O–H groups in total. The molecule has 0 spiro atoms. The lowest BCUT2D eigenvalue weighted by Crippen LogP contribution is -1.88. The van der Waals surface area contributed by atoms with Crippen LogP contribution >= 0.6 is 0 Å². The van der Waals surface area contributed by atoms with E-state index in [0.29, 0.717) is 17.3 Å². The van der Waals surface area contributed by atoms with Gasteiger partial charge in [-0.1, -0.05) is 5.16 Å². The summed E-state index contributed by atoms with van der Waals surface area (Å²) < 4.78 is 9.90. The number of nitrogens with zero attached hydrogens (tertiary/aromatic N) is 2. The third-order valence-electron chi connectivity index (χ3n) is 1.81. The highest BCUT2D eigenvalue weighted by molar-refractivity contribution is 5.69. The highest BCUT2D eigenvalue weighted by Gasteiger charge is 2.07. The second-order valence-electron chi connectivity index (χ2n) is 2.70. The van der Waals surface area contributed by atoms with Crippen molar-refractivity contribution >= 4 is 5.69 Å². The highest BCUT2D eigenvalue weighted by atomic mass is 16.5. The van der Waals surface area contributed by atoms with Crippen LogP contribution in [0.4, 0.5) is 5.69 Å². The first-order chi connectivity index (χ1) is 6.81. The number of ether oxygens (including phenoxy) is 1. The van der Waals surface area contributed by atoms with Crippen LogP contribution in [0.2, 0.25) is 0 Å². The van der Waals surface area contributed by atoms with Crippen molar-refractivity contribution in [2.24, 2.45) is 0 Å². The van der Waals surface area contributed by atoms with Crippen molar-refractivity contribution < 1.29 is 9.26 Å². The van der Waals surface area contributed by atoms with Crippen LogP contribution in [0.25, 0.3) is 11.3 Å². The molecule has 5 heteroatoms. The quantitative estimate of drug-likeness (QED) is 0.775. The molecule has 5 nitrogen and oxygen atoms in total. The van der Waals surface area contributed by atoms with Gasteiger partial charge in [-0.05, 0) is 6.07 Å². The fourth-order valence-corrected chi connectivity index (χ4v) is 1.10. The van der Waals surface area contributed by atoms with E-state index in [1.807, 2.05) is 6.07 Å². The van der Waals surface area contributed by atoms with Gasteiger partial charge in [-0.25, -0.2) is 4.98 Å². The molecule has 0 atom stereocenters. The van der Waals surface area contributed by atoms with Gasteiger partial charge >= 0.3 is 0 Å². The van der Waals surface area contributed by atoms with E-state index in [9.17, 15) is 0 Å². The number of hydrogen-bond donors (Lipinski definition) is 1. The zero-order valence-electron chi connectivity index (χ0n) is 7.60. The number of pyridine rings is 1. The Morgan fingerprint density at radius 1 is 1.36 bits per heavy atom. The topological polar surface area (TPSA) is 74.2 Å². The molecule has 14 heavy (non-hydrogen) atoms. The lowest BCUT2D eigenvalue weighted by molar-refractivity contribution is 0.397. The van der Waals surface area contributed by atoms with Crippen LogP contribution in [-0.4, -0.2) is 17.3 Å². The monoisotopic (exact) mass is 191 g/mol. The zero-order valence-corrected chi connectivity index (χ0v) is 7.60. The van der Waals surface area contributed by atoms with E-state index in [0.717, 1.165) is 5.56 Å². The predicted molar refractivity (Wildman–Crippen MR) is 50.7 cm³/mol. The minimum Gasteiger partial charge on any atom is -0.481 e. The smallest absolute Gasteiger partial charge is 0.212 e. The van der Waals surface area contributed by atoms with Crippen LogP contribution in [0, 0.1) is 0 Å². The Labute approximate surface area is 80.5 Å². The lowest BCUT2D eigenvalue weighted by atomic mass is 10.2. The number of hydrogen-bond acceptors (Lipinski definition) is 5. The molecule has 0 unspecified atom stereocenters. The first-order valence-corrected chi connectivity index (χ1v) is 4.02. The molecule has 0 radical (unpaired) electrons. The van der Waals surface area contributed by atoms with Crippen LogP contribution in [-0.2, 0) is 0 Å². The standard InChI is InChI=1S/C9H9N3O2/c1-13-8-3-2-6(4-11-8)9-7(10)5-12-14-9/h2-5H,10H2,1H3. The molecule has 0 aliphatic heterocycles. The summed E-state index contributed by atoms with van der Waals surface area (Å²) in [4.78, 5) is 4.03. The molecule has 0 saturated heterocycles. The Kier molecular flexibility index (Phi) is 2.06. The summed E-state index contributed by atoms with van der Waals surface area (Å²) in [6.45, 7) is 0. The van der Waals surface area contributed by atoms with Crippen LogP contribution in [0.3, 0.4) is 0 Å². The molecule has 0 amide bonds. The van der Waals surface area contributed by atoms with E-state index in [-0.39, 0.29) is 0 Å². The number of anilines is 1. The van der Waals surface area contributed by atoms with Gasteiger partial charge in [-0.15, -0.1) is 0 Å². The summed E-state index contributed by atoms with van der Waals surface area (Å²) in [6.07, 6.45) is 3.08. The molecular weight excluding hydrogens is 182 g/mol. The van der Waals surface area contributed by atoms with Gasteiger partial charge in [-0.2, -0.15) is 0 Å². The first kappa shape index (κ1) is 8.55. The molecule has 2 heterocycles. The van der Waals surface area contributed by atoms with E-state index < -0.39 is 0 Å². The van der Waals surface area contributed by atoms with E-state index in [2.05, 4.69) is 10.1 Å². The van der Waals surface area contributed by atoms with Gasteiger partial charge in [0.25, 0.3) is 0 Å². The minimum atomic E-state index is 0.497. The molecule has 72 valence electrons. The number of methoxy groups -OCH3 is 1. The Hall–Kier alpha value is -2.04. The van der Waals surface area contributed by atoms with Crippen LogP contribution in [0.1, 0.15) is 0 Å². The SMILES string of the molecule is COc1ccc(-c2oncc2N)cn1. The molecule has 0 bridgehead atoms. The maximum absolute atomic E-state index is 5.63. The molecule has 0 saturated carbocycles. The van der Waals surface area contributed by atoms with Crippen molar-refractivity contribution in [1.29, 1.82) is 0 Å². The molecule has 2 rings (SSSR count). The highest BCUT2D eigenvalue weighted by Crippen LogP contribution is 2.25. The second kappa shape index (κ2) is 3.37. The number of aromatic nitrogens is 2. The number of nitrogens with two attached hydrogens (primary N) is 1. The van der Waals surface area contributed by atoms with Crippen molar-refractivity contribution in [3.63, 3.8) is 0 Å². The van der Waals surface area contributed by atoms with Crippen LogP contribution in [0.5, 0.6) is 5.88 Å². The van der Waals surface area contributed by atoms with E-state index in [1.165, 1.54) is 6.20 Å². The first-order valence-electron chi connectivity index (χ1n) is 4.02. The van der Waals surface area contributed by atoms with Crippen molar-refractivity contribution in [3.05, 3.63) is 24.5 Å². The molecule has 0 aromatic carbocycles. The lowest BCUT2D eigenvalue weighted by Gasteiger charge is -1.99. The fourth-order valence-electron chi connectivity index (χ4n) is 1.10. The maximum atomic E-state index is 5.63. The largest absolute Gasteiger partial charge is 0.481 e. The minimum absolute atomic E-state index is 0.497. The second-order valence-corrected chi connectivity index (χ2v) is 2.70. The Balaban J connectivity index is 2.39. The van der Waals surface area contributed by atoms with Crippen LogP contribution in [0.15, 0.2) is 29.0 Å². The van der Waals surface area contributed by atoms with Crippen LogP contribution < -0.4 is 10.5 Å². The summed E-state index contributed by atoms with van der Waals surface area (Å²) in [5.74, 6) is 1.08. The van der Waals surface area contributed by atoms with Gasteiger partial charge in [0.15, 0.2) is 5.76 Å². The molecular formula is C9H9N3O2. The van der Waals surface area contributed by atoms with E-state index in [4.69, 9.17) is 15.0 Å². The van der Waals surface area contributed by atoms with E-state index in [1.54, 1.807) is 19.4 Å². The third kappa shape index (κ3) is 1.39. The Morgan fingerprint density at radius 3 is 2.71 bits per heavy atom.